The van der Waals surface area contributed by atoms with Crippen molar-refractivity contribution < 1.29 is 9.53 Å². The lowest BCUT2D eigenvalue weighted by molar-refractivity contribution is -0.126. The first kappa shape index (κ1) is 14.5. The van der Waals surface area contributed by atoms with Gasteiger partial charge in [-0.2, -0.15) is 0 Å². The minimum absolute atomic E-state index is 0.0147. The lowest BCUT2D eigenvalue weighted by Crippen LogP contribution is -2.48. The number of hydrogen-bond donors (Lipinski definition) is 2. The molecule has 1 unspecified atom stereocenters. The molecular formula is C13H26N2O2. The monoisotopic (exact) mass is 242 g/mol. The molecule has 1 rings (SSSR count). The van der Waals surface area contributed by atoms with Crippen LogP contribution in [0.2, 0.25) is 0 Å². The average Bonchev–Trinajstić information content (AvgIpc) is 2.36. The van der Waals surface area contributed by atoms with Gasteiger partial charge in [0.15, 0.2) is 0 Å². The van der Waals surface area contributed by atoms with E-state index in [1.165, 1.54) is 0 Å². The molecule has 0 saturated carbocycles. The van der Waals surface area contributed by atoms with Gasteiger partial charge in [-0.15, -0.1) is 0 Å². The fraction of sp³-hybridized carbons (Fsp3) is 0.923. The van der Waals surface area contributed by atoms with Crippen LogP contribution in [0.15, 0.2) is 0 Å². The van der Waals surface area contributed by atoms with Gasteiger partial charge in [0, 0.05) is 25.6 Å². The zero-order chi connectivity index (χ0) is 12.7. The molecule has 1 atom stereocenters. The van der Waals surface area contributed by atoms with Crippen molar-refractivity contribution in [1.29, 1.82) is 0 Å². The Hall–Kier alpha value is -0.610. The lowest BCUT2D eigenvalue weighted by Gasteiger charge is -2.40. The number of rotatable bonds is 6. The Bertz CT molecular complexity index is 240. The summed E-state index contributed by atoms with van der Waals surface area (Å²) in [6, 6.07) is 0.285. The summed E-state index contributed by atoms with van der Waals surface area (Å²) in [4.78, 5) is 11.7. The molecule has 1 heterocycles. The molecule has 4 heteroatoms. The Balaban J connectivity index is 2.41. The third kappa shape index (κ3) is 4.28. The van der Waals surface area contributed by atoms with E-state index in [1.807, 2.05) is 7.05 Å². The van der Waals surface area contributed by atoms with Gasteiger partial charge in [-0.05, 0) is 32.7 Å². The maximum absolute atomic E-state index is 11.7. The fourth-order valence-corrected chi connectivity index (χ4v) is 2.43. The van der Waals surface area contributed by atoms with E-state index in [4.69, 9.17) is 4.74 Å². The Kier molecular flexibility index (Phi) is 5.92. The Labute approximate surface area is 104 Å². The molecule has 1 amide bonds. The average molecular weight is 242 g/mol. The predicted molar refractivity (Wildman–Crippen MR) is 69.0 cm³/mol. The summed E-state index contributed by atoms with van der Waals surface area (Å²) in [6.45, 7) is 5.82. The second kappa shape index (κ2) is 6.97. The van der Waals surface area contributed by atoms with Crippen molar-refractivity contribution in [2.45, 2.75) is 57.6 Å². The van der Waals surface area contributed by atoms with Crippen molar-refractivity contribution in [2.75, 3.05) is 20.2 Å². The summed E-state index contributed by atoms with van der Waals surface area (Å²) in [6.07, 6.45) is 4.48. The molecule has 100 valence electrons. The van der Waals surface area contributed by atoms with Crippen LogP contribution in [0.3, 0.4) is 0 Å². The van der Waals surface area contributed by atoms with E-state index >= 15 is 0 Å². The van der Waals surface area contributed by atoms with Crippen molar-refractivity contribution in [3.8, 4) is 0 Å². The first-order chi connectivity index (χ1) is 8.15. The maximum Gasteiger partial charge on any atom is 0.221 e. The normalized spacial score (nSPS) is 23.4. The largest absolute Gasteiger partial charge is 0.375 e. The quantitative estimate of drug-likeness (QED) is 0.741. The highest BCUT2D eigenvalue weighted by Gasteiger charge is 2.34. The molecule has 4 nitrogen and oxygen atoms in total. The van der Waals surface area contributed by atoms with E-state index in [-0.39, 0.29) is 17.6 Å². The molecule has 0 aromatic heterocycles. The number of hydrogen-bond acceptors (Lipinski definition) is 3. The van der Waals surface area contributed by atoms with Gasteiger partial charge in [-0.1, -0.05) is 13.8 Å². The first-order valence-corrected chi connectivity index (χ1v) is 6.73. The molecule has 17 heavy (non-hydrogen) atoms. The van der Waals surface area contributed by atoms with Crippen LogP contribution < -0.4 is 10.6 Å². The zero-order valence-electron chi connectivity index (χ0n) is 11.3. The van der Waals surface area contributed by atoms with E-state index in [2.05, 4.69) is 24.5 Å². The van der Waals surface area contributed by atoms with Gasteiger partial charge in [0.25, 0.3) is 0 Å². The number of carbonyl (C=O) groups is 1. The molecule has 0 spiro atoms. The van der Waals surface area contributed by atoms with Crippen molar-refractivity contribution >= 4 is 5.91 Å². The van der Waals surface area contributed by atoms with Crippen LogP contribution in [0.4, 0.5) is 0 Å². The van der Waals surface area contributed by atoms with E-state index in [0.29, 0.717) is 6.42 Å². The summed E-state index contributed by atoms with van der Waals surface area (Å²) in [5.74, 6) is 0.146. The van der Waals surface area contributed by atoms with Gasteiger partial charge in [-0.3, -0.25) is 4.79 Å². The minimum Gasteiger partial charge on any atom is -0.375 e. The van der Waals surface area contributed by atoms with Gasteiger partial charge in [0.1, 0.15) is 0 Å². The molecule has 0 aliphatic carbocycles. The van der Waals surface area contributed by atoms with Crippen LogP contribution in [-0.4, -0.2) is 37.7 Å². The number of ether oxygens (including phenoxy) is 1. The smallest absolute Gasteiger partial charge is 0.221 e. The van der Waals surface area contributed by atoms with Gasteiger partial charge >= 0.3 is 0 Å². The maximum atomic E-state index is 11.7. The SMILES string of the molecule is CCC1(CC)CC(NC(=O)CCNC)CCO1. The number of carbonyl (C=O) groups excluding carboxylic acids is 1. The summed E-state index contributed by atoms with van der Waals surface area (Å²) in [5.41, 5.74) is -0.0147. The van der Waals surface area contributed by atoms with Gasteiger partial charge < -0.3 is 15.4 Å². The molecule has 1 fully saturated rings. The van der Waals surface area contributed by atoms with Crippen molar-refractivity contribution in [3.63, 3.8) is 0 Å². The van der Waals surface area contributed by atoms with Crippen LogP contribution in [0.1, 0.15) is 46.0 Å². The number of nitrogens with one attached hydrogen (secondary N) is 2. The number of amides is 1. The van der Waals surface area contributed by atoms with E-state index in [0.717, 1.165) is 38.8 Å². The Morgan fingerprint density at radius 2 is 2.12 bits per heavy atom. The van der Waals surface area contributed by atoms with Crippen molar-refractivity contribution in [3.05, 3.63) is 0 Å². The topological polar surface area (TPSA) is 50.4 Å². The summed E-state index contributed by atoms with van der Waals surface area (Å²) < 4.78 is 5.89. The van der Waals surface area contributed by atoms with Gasteiger partial charge in [0.05, 0.1) is 5.60 Å². The fourth-order valence-electron chi connectivity index (χ4n) is 2.43. The summed E-state index contributed by atoms with van der Waals surface area (Å²) >= 11 is 0. The van der Waals surface area contributed by atoms with Gasteiger partial charge in [-0.25, -0.2) is 0 Å². The highest BCUT2D eigenvalue weighted by Crippen LogP contribution is 2.31. The summed E-state index contributed by atoms with van der Waals surface area (Å²) in [7, 11) is 1.86. The van der Waals surface area contributed by atoms with Crippen LogP contribution in [0, 0.1) is 0 Å². The highest BCUT2D eigenvalue weighted by molar-refractivity contribution is 5.76. The molecule has 0 bridgehead atoms. The van der Waals surface area contributed by atoms with Crippen LogP contribution in [0.25, 0.3) is 0 Å². The van der Waals surface area contributed by atoms with Crippen LogP contribution in [-0.2, 0) is 9.53 Å². The van der Waals surface area contributed by atoms with E-state index in [9.17, 15) is 4.79 Å². The molecule has 1 aliphatic rings. The first-order valence-electron chi connectivity index (χ1n) is 6.73. The molecule has 0 radical (unpaired) electrons. The zero-order valence-corrected chi connectivity index (χ0v) is 11.3. The van der Waals surface area contributed by atoms with Crippen LogP contribution >= 0.6 is 0 Å². The second-order valence-electron chi connectivity index (χ2n) is 4.85. The van der Waals surface area contributed by atoms with Crippen molar-refractivity contribution in [2.24, 2.45) is 0 Å². The third-order valence-electron chi connectivity index (χ3n) is 3.75. The standard InChI is InChI=1S/C13H26N2O2/c1-4-13(5-2)10-11(7-9-17-13)15-12(16)6-8-14-3/h11,14H,4-10H2,1-3H3,(H,15,16). The molecule has 0 aromatic rings. The minimum atomic E-state index is -0.0147. The highest BCUT2D eigenvalue weighted by atomic mass is 16.5. The summed E-state index contributed by atoms with van der Waals surface area (Å²) in [5, 5.41) is 6.11. The second-order valence-corrected chi connectivity index (χ2v) is 4.85. The third-order valence-corrected chi connectivity index (χ3v) is 3.75. The van der Waals surface area contributed by atoms with E-state index < -0.39 is 0 Å². The molecule has 2 N–H and O–H groups in total. The van der Waals surface area contributed by atoms with Crippen LogP contribution in [0.5, 0.6) is 0 Å². The molecular weight excluding hydrogens is 216 g/mol. The van der Waals surface area contributed by atoms with Crippen molar-refractivity contribution in [1.82, 2.24) is 10.6 Å². The Morgan fingerprint density at radius 3 is 2.71 bits per heavy atom. The molecule has 0 aromatic carbocycles. The Morgan fingerprint density at radius 1 is 1.41 bits per heavy atom. The predicted octanol–water partition coefficient (Wildman–Crippen LogP) is 1.45. The van der Waals surface area contributed by atoms with E-state index in [1.54, 1.807) is 0 Å². The van der Waals surface area contributed by atoms with Gasteiger partial charge in [0.2, 0.25) is 5.91 Å². The molecule has 1 aliphatic heterocycles. The lowest BCUT2D eigenvalue weighted by atomic mass is 9.86. The molecule has 1 saturated heterocycles.